The minimum Gasteiger partial charge on any atom is -0.493 e. The van der Waals surface area contributed by atoms with Gasteiger partial charge in [0.05, 0.1) is 27.5 Å². The van der Waals surface area contributed by atoms with Crippen molar-refractivity contribution in [2.45, 2.75) is 6.92 Å². The van der Waals surface area contributed by atoms with Crippen LogP contribution in [0.2, 0.25) is 0 Å². The minimum atomic E-state index is 0.570. The van der Waals surface area contributed by atoms with Crippen molar-refractivity contribution in [1.29, 1.82) is 0 Å². The molecule has 0 fully saturated rings. The fourth-order valence-electron chi connectivity index (χ4n) is 2.59. The largest absolute Gasteiger partial charge is 0.493 e. The molecule has 5 heteroatoms. The zero-order valence-electron chi connectivity index (χ0n) is 15.1. The van der Waals surface area contributed by atoms with E-state index in [1.54, 1.807) is 32.6 Å². The van der Waals surface area contributed by atoms with Crippen molar-refractivity contribution in [3.8, 4) is 28.4 Å². The zero-order valence-corrected chi connectivity index (χ0v) is 15.1. The Labute approximate surface area is 143 Å². The first-order chi connectivity index (χ1) is 11.5. The monoisotopic (exact) mass is 328 g/mol. The normalized spacial score (nSPS) is 10.8. The lowest BCUT2D eigenvalue weighted by Gasteiger charge is -2.19. The van der Waals surface area contributed by atoms with Crippen LogP contribution in [0, 0.1) is 6.92 Å². The number of hydrogen-bond donors (Lipinski definition) is 0. The van der Waals surface area contributed by atoms with E-state index in [0.29, 0.717) is 17.2 Å². The van der Waals surface area contributed by atoms with E-state index in [0.717, 1.165) is 22.3 Å². The molecule has 0 heterocycles. The maximum atomic E-state index is 5.69. The van der Waals surface area contributed by atoms with Gasteiger partial charge < -0.3 is 19.2 Å². The molecule has 0 aliphatic heterocycles. The van der Waals surface area contributed by atoms with Crippen molar-refractivity contribution < 1.29 is 14.2 Å². The highest BCUT2D eigenvalue weighted by Crippen LogP contribution is 2.46. The first kappa shape index (κ1) is 17.7. The van der Waals surface area contributed by atoms with Crippen LogP contribution < -0.4 is 14.2 Å². The number of aryl methyl sites for hydroxylation is 1. The standard InChI is InChI=1S/C19H24N2O3/c1-13-9-7-8-10-15(13)17-14(12-20-21(2)3)11-16(22-4)18(23-5)19(17)24-6/h7-12H,1-6H3/b20-12+. The van der Waals surface area contributed by atoms with Gasteiger partial charge in [-0.05, 0) is 24.1 Å². The molecule has 0 spiro atoms. The maximum absolute atomic E-state index is 5.69. The number of ether oxygens (including phenoxy) is 3. The minimum absolute atomic E-state index is 0.570. The molecule has 2 aromatic carbocycles. The Hall–Kier alpha value is -2.69. The van der Waals surface area contributed by atoms with E-state index in [1.807, 2.05) is 32.3 Å². The van der Waals surface area contributed by atoms with E-state index < -0.39 is 0 Å². The summed E-state index contributed by atoms with van der Waals surface area (Å²) in [5.41, 5.74) is 4.03. The molecule has 0 amide bonds. The lowest BCUT2D eigenvalue weighted by Crippen LogP contribution is -2.05. The molecular weight excluding hydrogens is 304 g/mol. The van der Waals surface area contributed by atoms with Crippen molar-refractivity contribution in [2.24, 2.45) is 5.10 Å². The average molecular weight is 328 g/mol. The van der Waals surface area contributed by atoms with Crippen LogP contribution >= 0.6 is 0 Å². The Morgan fingerprint density at radius 2 is 1.62 bits per heavy atom. The smallest absolute Gasteiger partial charge is 0.203 e. The summed E-state index contributed by atoms with van der Waals surface area (Å²) in [5.74, 6) is 1.80. The summed E-state index contributed by atoms with van der Waals surface area (Å²) in [6, 6.07) is 10.1. The molecule has 2 rings (SSSR count). The maximum Gasteiger partial charge on any atom is 0.203 e. The van der Waals surface area contributed by atoms with Crippen LogP contribution in [0.3, 0.4) is 0 Å². The van der Waals surface area contributed by atoms with E-state index in [1.165, 1.54) is 0 Å². The third kappa shape index (κ3) is 3.45. The molecule has 0 saturated heterocycles. The van der Waals surface area contributed by atoms with E-state index >= 15 is 0 Å². The summed E-state index contributed by atoms with van der Waals surface area (Å²) in [4.78, 5) is 0. The third-order valence-corrected chi connectivity index (χ3v) is 3.70. The lowest BCUT2D eigenvalue weighted by atomic mass is 9.94. The molecule has 0 N–H and O–H groups in total. The van der Waals surface area contributed by atoms with Crippen LogP contribution in [0.15, 0.2) is 35.4 Å². The lowest BCUT2D eigenvalue weighted by molar-refractivity contribution is 0.325. The van der Waals surface area contributed by atoms with E-state index in [2.05, 4.69) is 24.2 Å². The molecule has 2 aromatic rings. The fourth-order valence-corrected chi connectivity index (χ4v) is 2.59. The highest BCUT2D eigenvalue weighted by atomic mass is 16.5. The van der Waals surface area contributed by atoms with Gasteiger partial charge in [0, 0.05) is 25.2 Å². The highest BCUT2D eigenvalue weighted by Gasteiger charge is 2.22. The van der Waals surface area contributed by atoms with Gasteiger partial charge >= 0.3 is 0 Å². The summed E-state index contributed by atoms with van der Waals surface area (Å²) < 4.78 is 16.7. The number of nitrogens with zero attached hydrogens (tertiary/aromatic N) is 2. The molecule has 0 aliphatic carbocycles. The Morgan fingerprint density at radius 3 is 2.17 bits per heavy atom. The summed E-state index contributed by atoms with van der Waals surface area (Å²) in [5, 5.41) is 6.11. The number of rotatable bonds is 6. The van der Waals surface area contributed by atoms with Crippen LogP contribution in [0.4, 0.5) is 0 Å². The van der Waals surface area contributed by atoms with Crippen LogP contribution in [-0.2, 0) is 0 Å². The van der Waals surface area contributed by atoms with E-state index in [4.69, 9.17) is 14.2 Å². The zero-order chi connectivity index (χ0) is 17.7. The predicted octanol–water partition coefficient (Wildman–Crippen LogP) is 3.58. The van der Waals surface area contributed by atoms with Crippen LogP contribution in [0.25, 0.3) is 11.1 Å². The van der Waals surface area contributed by atoms with Crippen molar-refractivity contribution in [1.82, 2.24) is 5.01 Å². The number of hydrazone groups is 1. The van der Waals surface area contributed by atoms with Crippen molar-refractivity contribution in [3.05, 3.63) is 41.5 Å². The number of methoxy groups -OCH3 is 3. The van der Waals surface area contributed by atoms with Gasteiger partial charge in [-0.1, -0.05) is 24.3 Å². The van der Waals surface area contributed by atoms with Crippen LogP contribution in [-0.4, -0.2) is 46.6 Å². The van der Waals surface area contributed by atoms with Gasteiger partial charge in [0.25, 0.3) is 0 Å². The molecular formula is C19H24N2O3. The van der Waals surface area contributed by atoms with Gasteiger partial charge in [0.2, 0.25) is 5.75 Å². The Bertz CT molecular complexity index is 740. The predicted molar refractivity (Wildman–Crippen MR) is 97.6 cm³/mol. The topological polar surface area (TPSA) is 43.3 Å². The molecule has 0 aliphatic rings. The molecule has 0 bridgehead atoms. The van der Waals surface area contributed by atoms with E-state index in [-0.39, 0.29) is 0 Å². The summed E-state index contributed by atoms with van der Waals surface area (Å²) >= 11 is 0. The molecule has 0 aromatic heterocycles. The van der Waals surface area contributed by atoms with Crippen molar-refractivity contribution in [3.63, 3.8) is 0 Å². The molecule has 0 radical (unpaired) electrons. The number of benzene rings is 2. The summed E-state index contributed by atoms with van der Waals surface area (Å²) in [6.45, 7) is 2.07. The second kappa shape index (κ2) is 7.73. The van der Waals surface area contributed by atoms with Gasteiger partial charge in [-0.2, -0.15) is 5.10 Å². The first-order valence-electron chi connectivity index (χ1n) is 7.63. The van der Waals surface area contributed by atoms with E-state index in [9.17, 15) is 0 Å². The SMILES string of the molecule is COc1cc(/C=N/N(C)C)c(-c2ccccc2C)c(OC)c1OC. The Morgan fingerprint density at radius 1 is 0.958 bits per heavy atom. The quantitative estimate of drug-likeness (QED) is 0.600. The van der Waals surface area contributed by atoms with Crippen LogP contribution in [0.5, 0.6) is 17.2 Å². The van der Waals surface area contributed by atoms with Crippen molar-refractivity contribution >= 4 is 6.21 Å². The summed E-state index contributed by atoms with van der Waals surface area (Å²) in [7, 11) is 8.60. The Balaban J connectivity index is 2.84. The highest BCUT2D eigenvalue weighted by molar-refractivity contribution is 5.96. The van der Waals surface area contributed by atoms with Gasteiger partial charge in [0.1, 0.15) is 0 Å². The van der Waals surface area contributed by atoms with Gasteiger partial charge in [0.15, 0.2) is 11.5 Å². The second-order valence-electron chi connectivity index (χ2n) is 5.52. The van der Waals surface area contributed by atoms with Gasteiger partial charge in [-0.15, -0.1) is 0 Å². The number of hydrogen-bond acceptors (Lipinski definition) is 5. The molecule has 24 heavy (non-hydrogen) atoms. The Kier molecular flexibility index (Phi) is 5.68. The molecule has 0 saturated carbocycles. The van der Waals surface area contributed by atoms with Crippen LogP contribution in [0.1, 0.15) is 11.1 Å². The van der Waals surface area contributed by atoms with Gasteiger partial charge in [-0.3, -0.25) is 0 Å². The third-order valence-electron chi connectivity index (χ3n) is 3.70. The summed E-state index contributed by atoms with van der Waals surface area (Å²) in [6.07, 6.45) is 1.80. The first-order valence-corrected chi connectivity index (χ1v) is 7.63. The molecule has 0 atom stereocenters. The molecule has 0 unspecified atom stereocenters. The average Bonchev–Trinajstić information content (AvgIpc) is 2.58. The van der Waals surface area contributed by atoms with Crippen molar-refractivity contribution in [2.75, 3.05) is 35.4 Å². The van der Waals surface area contributed by atoms with Gasteiger partial charge in [-0.25, -0.2) is 0 Å². The fraction of sp³-hybridized carbons (Fsp3) is 0.316. The molecule has 5 nitrogen and oxygen atoms in total. The molecule has 128 valence electrons. The second-order valence-corrected chi connectivity index (χ2v) is 5.52.